The van der Waals surface area contributed by atoms with Gasteiger partial charge in [-0.25, -0.2) is 0 Å². The Morgan fingerprint density at radius 2 is 1.70 bits per heavy atom. The third-order valence-electron chi connectivity index (χ3n) is 3.61. The van der Waals surface area contributed by atoms with Crippen LogP contribution in [0.3, 0.4) is 0 Å². The van der Waals surface area contributed by atoms with Gasteiger partial charge < -0.3 is 25.1 Å². The average molecular weight is 274 g/mol. The summed E-state index contributed by atoms with van der Waals surface area (Å²) in [5.74, 6) is -3.40. The number of amides is 1. The maximum atomic E-state index is 12.2. The van der Waals surface area contributed by atoms with Gasteiger partial charge in [0.25, 0.3) is 0 Å². The molecule has 2 bridgehead atoms. The Morgan fingerprint density at radius 3 is 2.30 bits per heavy atom. The monoisotopic (exact) mass is 274 g/mol. The molecular weight excluding hydrogens is 262 g/mol. The second kappa shape index (κ2) is 4.64. The summed E-state index contributed by atoms with van der Waals surface area (Å²) in [6.07, 6.45) is 2.22. The van der Waals surface area contributed by atoms with Crippen LogP contribution in [0.4, 0.5) is 5.69 Å². The van der Waals surface area contributed by atoms with Crippen molar-refractivity contribution in [1.29, 1.82) is 0 Å². The highest BCUT2D eigenvalue weighted by Crippen LogP contribution is 2.39. The Morgan fingerprint density at radius 1 is 1.10 bits per heavy atom. The lowest BCUT2D eigenvalue weighted by atomic mass is 9.82. The molecule has 1 fully saturated rings. The van der Waals surface area contributed by atoms with E-state index in [1.165, 1.54) is 24.3 Å². The molecule has 0 saturated carbocycles. The third-order valence-corrected chi connectivity index (χ3v) is 3.61. The number of carboxylic acid groups (broad SMARTS) is 1. The molecule has 1 saturated heterocycles. The van der Waals surface area contributed by atoms with E-state index in [-0.39, 0.29) is 5.75 Å². The smallest absolute Gasteiger partial charge is 0.231 e. The summed E-state index contributed by atoms with van der Waals surface area (Å²) in [5, 5.41) is 23.0. The lowest BCUT2D eigenvalue weighted by Crippen LogP contribution is -2.45. The quantitative estimate of drug-likeness (QED) is 0.580. The third kappa shape index (κ3) is 2.04. The van der Waals surface area contributed by atoms with Gasteiger partial charge in [0.2, 0.25) is 5.91 Å². The van der Waals surface area contributed by atoms with Crippen LogP contribution in [0.25, 0.3) is 0 Å². The summed E-state index contributed by atoms with van der Waals surface area (Å²) in [6, 6.07) is 5.93. The SMILES string of the molecule is O=C([O-])[C@@H]1[C@H](C(=O)Nc2ccc(O)cc2)[C@H]2C=C[C@@H]1O2. The van der Waals surface area contributed by atoms with Gasteiger partial charge in [-0.15, -0.1) is 0 Å². The number of phenols is 1. The Hall–Kier alpha value is -2.34. The molecule has 3 rings (SSSR count). The lowest BCUT2D eigenvalue weighted by Gasteiger charge is -2.24. The summed E-state index contributed by atoms with van der Waals surface area (Å²) in [6.45, 7) is 0. The van der Waals surface area contributed by atoms with E-state index in [4.69, 9.17) is 4.74 Å². The Kier molecular flexibility index (Phi) is 2.94. The maximum Gasteiger partial charge on any atom is 0.231 e. The number of benzene rings is 1. The van der Waals surface area contributed by atoms with Gasteiger partial charge in [-0.3, -0.25) is 4.79 Å². The van der Waals surface area contributed by atoms with E-state index in [0.717, 1.165) is 0 Å². The molecule has 20 heavy (non-hydrogen) atoms. The molecular formula is C14H12NO5-. The molecule has 6 heteroatoms. The molecule has 2 N–H and O–H groups in total. The highest BCUT2D eigenvalue weighted by atomic mass is 16.5. The van der Waals surface area contributed by atoms with Crippen molar-refractivity contribution in [3.05, 3.63) is 36.4 Å². The molecule has 1 aromatic rings. The van der Waals surface area contributed by atoms with Gasteiger partial charge in [0.1, 0.15) is 5.75 Å². The fourth-order valence-electron chi connectivity index (χ4n) is 2.67. The van der Waals surface area contributed by atoms with Crippen molar-refractivity contribution >= 4 is 17.6 Å². The maximum absolute atomic E-state index is 12.2. The number of rotatable bonds is 3. The number of nitrogens with one attached hydrogen (secondary N) is 1. The summed E-state index contributed by atoms with van der Waals surface area (Å²) in [5.41, 5.74) is 0.483. The Balaban J connectivity index is 1.78. The van der Waals surface area contributed by atoms with Gasteiger partial charge in [-0.05, 0) is 24.3 Å². The van der Waals surface area contributed by atoms with Crippen LogP contribution in [0.15, 0.2) is 36.4 Å². The van der Waals surface area contributed by atoms with Crippen LogP contribution >= 0.6 is 0 Å². The van der Waals surface area contributed by atoms with Crippen molar-refractivity contribution in [2.24, 2.45) is 11.8 Å². The summed E-state index contributed by atoms with van der Waals surface area (Å²) in [4.78, 5) is 23.4. The summed E-state index contributed by atoms with van der Waals surface area (Å²) in [7, 11) is 0. The van der Waals surface area contributed by atoms with Crippen molar-refractivity contribution < 1.29 is 24.5 Å². The molecule has 0 spiro atoms. The molecule has 2 aliphatic rings. The van der Waals surface area contributed by atoms with E-state index in [9.17, 15) is 19.8 Å². The molecule has 2 heterocycles. The minimum Gasteiger partial charge on any atom is -0.550 e. The van der Waals surface area contributed by atoms with E-state index in [0.29, 0.717) is 5.69 Å². The minimum absolute atomic E-state index is 0.0850. The standard InChI is InChI=1S/C14H13NO5/c16-8-3-1-7(2-4-8)15-13(17)11-9-5-6-10(20-9)12(11)14(18)19/h1-6,9-12,16H,(H,15,17)(H,18,19)/p-1/t9-,10+,11-,12+/m1/s1. The molecule has 2 aliphatic heterocycles. The highest BCUT2D eigenvalue weighted by molar-refractivity contribution is 5.96. The van der Waals surface area contributed by atoms with Gasteiger partial charge in [0.05, 0.1) is 18.1 Å². The lowest BCUT2D eigenvalue weighted by molar-refractivity contribution is -0.313. The number of phenolic OH excluding ortho intramolecular Hbond substituents is 1. The zero-order valence-corrected chi connectivity index (χ0v) is 10.4. The second-order valence-electron chi connectivity index (χ2n) is 4.86. The first kappa shape index (κ1) is 12.7. The van der Waals surface area contributed by atoms with Crippen LogP contribution in [-0.4, -0.2) is 29.2 Å². The van der Waals surface area contributed by atoms with Crippen LogP contribution in [-0.2, 0) is 14.3 Å². The molecule has 0 aromatic heterocycles. The highest BCUT2D eigenvalue weighted by Gasteiger charge is 2.50. The zero-order valence-electron chi connectivity index (χ0n) is 10.4. The number of anilines is 1. The van der Waals surface area contributed by atoms with E-state index in [2.05, 4.69) is 5.32 Å². The Bertz CT molecular complexity index is 580. The van der Waals surface area contributed by atoms with Crippen molar-refractivity contribution in [3.63, 3.8) is 0 Å². The zero-order chi connectivity index (χ0) is 14.3. The van der Waals surface area contributed by atoms with Gasteiger partial charge in [-0.2, -0.15) is 0 Å². The van der Waals surface area contributed by atoms with Crippen LogP contribution < -0.4 is 10.4 Å². The first-order valence-electron chi connectivity index (χ1n) is 6.21. The predicted molar refractivity (Wildman–Crippen MR) is 66.5 cm³/mol. The van der Waals surface area contributed by atoms with E-state index < -0.39 is 35.9 Å². The predicted octanol–water partition coefficient (Wildman–Crippen LogP) is -0.350. The first-order chi connectivity index (χ1) is 9.56. The van der Waals surface area contributed by atoms with Crippen molar-refractivity contribution in [1.82, 2.24) is 0 Å². The van der Waals surface area contributed by atoms with Crippen LogP contribution in [0, 0.1) is 11.8 Å². The van der Waals surface area contributed by atoms with Crippen LogP contribution in [0.2, 0.25) is 0 Å². The van der Waals surface area contributed by atoms with E-state index >= 15 is 0 Å². The van der Waals surface area contributed by atoms with Gasteiger partial charge in [-0.1, -0.05) is 12.2 Å². The van der Waals surface area contributed by atoms with E-state index in [1.807, 2.05) is 0 Å². The number of hydrogen-bond donors (Lipinski definition) is 2. The number of carboxylic acids is 1. The molecule has 0 unspecified atom stereocenters. The number of fused-ring (bicyclic) bond motifs is 2. The Labute approximate surface area is 114 Å². The molecule has 104 valence electrons. The van der Waals surface area contributed by atoms with Crippen LogP contribution in [0.5, 0.6) is 5.75 Å². The molecule has 0 aliphatic carbocycles. The van der Waals surface area contributed by atoms with E-state index in [1.54, 1.807) is 12.2 Å². The number of aliphatic carboxylic acids is 1. The van der Waals surface area contributed by atoms with Gasteiger partial charge >= 0.3 is 0 Å². The van der Waals surface area contributed by atoms with Crippen molar-refractivity contribution in [3.8, 4) is 5.75 Å². The number of carbonyl (C=O) groups is 2. The van der Waals surface area contributed by atoms with Crippen LogP contribution in [0.1, 0.15) is 0 Å². The van der Waals surface area contributed by atoms with Crippen molar-refractivity contribution in [2.45, 2.75) is 12.2 Å². The molecule has 6 nitrogen and oxygen atoms in total. The van der Waals surface area contributed by atoms with Gasteiger partial charge in [0, 0.05) is 17.6 Å². The van der Waals surface area contributed by atoms with Gasteiger partial charge in [0.15, 0.2) is 0 Å². The summed E-state index contributed by atoms with van der Waals surface area (Å²) < 4.78 is 5.40. The molecule has 1 aromatic carbocycles. The molecule has 1 amide bonds. The summed E-state index contributed by atoms with van der Waals surface area (Å²) >= 11 is 0. The first-order valence-corrected chi connectivity index (χ1v) is 6.21. The largest absolute Gasteiger partial charge is 0.550 e. The average Bonchev–Trinajstić information content (AvgIpc) is 3.01. The number of ether oxygens (including phenoxy) is 1. The normalized spacial score (nSPS) is 30.4. The number of aromatic hydroxyl groups is 1. The topological polar surface area (TPSA) is 98.7 Å². The number of hydrogen-bond acceptors (Lipinski definition) is 5. The molecule has 0 radical (unpaired) electrons. The van der Waals surface area contributed by atoms with Crippen molar-refractivity contribution in [2.75, 3.05) is 5.32 Å². The fraction of sp³-hybridized carbons (Fsp3) is 0.286. The molecule has 4 atom stereocenters. The fourth-order valence-corrected chi connectivity index (χ4v) is 2.67. The second-order valence-corrected chi connectivity index (χ2v) is 4.86. The minimum atomic E-state index is -1.28. The number of carbonyl (C=O) groups excluding carboxylic acids is 2.